The first kappa shape index (κ1) is 10.0. The maximum absolute atomic E-state index is 2.48. The van der Waals surface area contributed by atoms with Gasteiger partial charge in [-0.15, -0.1) is 0 Å². The van der Waals surface area contributed by atoms with Gasteiger partial charge in [-0.05, 0) is 62.0 Å². The predicted molar refractivity (Wildman–Crippen MR) is 62.2 cm³/mol. The molecule has 1 fully saturated rings. The second kappa shape index (κ2) is 3.92. The molecule has 14 heavy (non-hydrogen) atoms. The summed E-state index contributed by atoms with van der Waals surface area (Å²) in [5.41, 5.74) is 5.08. The minimum atomic E-state index is 0.860. The van der Waals surface area contributed by atoms with E-state index < -0.39 is 0 Å². The van der Waals surface area contributed by atoms with E-state index in [0.717, 1.165) is 11.8 Å². The fourth-order valence-corrected chi connectivity index (χ4v) is 2.84. The van der Waals surface area contributed by atoms with Crippen molar-refractivity contribution in [2.45, 2.75) is 52.9 Å². The summed E-state index contributed by atoms with van der Waals surface area (Å²) in [5.74, 6) is 1.80. The lowest BCUT2D eigenvalue weighted by Crippen LogP contribution is -2.18. The molecule has 1 saturated carbocycles. The van der Waals surface area contributed by atoms with Gasteiger partial charge < -0.3 is 0 Å². The highest BCUT2D eigenvalue weighted by atomic mass is 14.3. The Hall–Kier alpha value is -0.520. The Bertz CT molecular complexity index is 278. The monoisotopic (exact) mass is 190 g/mol. The zero-order valence-electron chi connectivity index (χ0n) is 9.77. The highest BCUT2D eigenvalue weighted by molar-refractivity contribution is 5.39. The largest absolute Gasteiger partial charge is 0.0807 e. The normalized spacial score (nSPS) is 27.7. The molecule has 2 rings (SSSR count). The highest BCUT2D eigenvalue weighted by Gasteiger charge is 2.25. The molecule has 0 heterocycles. The molecule has 0 heteroatoms. The van der Waals surface area contributed by atoms with Crippen molar-refractivity contribution in [3.63, 3.8) is 0 Å². The maximum Gasteiger partial charge on any atom is -0.0246 e. The summed E-state index contributed by atoms with van der Waals surface area (Å²) in [6, 6.07) is 0. The first-order chi connectivity index (χ1) is 6.68. The van der Waals surface area contributed by atoms with Gasteiger partial charge in [-0.3, -0.25) is 0 Å². The number of allylic oxidation sites excluding steroid dienone is 4. The molecule has 0 spiro atoms. The molecule has 0 aromatic carbocycles. The lowest BCUT2D eigenvalue weighted by Gasteiger charge is -2.32. The highest BCUT2D eigenvalue weighted by Crippen LogP contribution is 2.41. The summed E-state index contributed by atoms with van der Waals surface area (Å²) in [6.45, 7) is 7.08. The number of hydrogen-bond acceptors (Lipinski definition) is 0. The third kappa shape index (κ3) is 1.80. The van der Waals surface area contributed by atoms with Gasteiger partial charge in [-0.25, -0.2) is 0 Å². The quantitative estimate of drug-likeness (QED) is 0.572. The maximum atomic E-state index is 2.48. The molecule has 0 aliphatic heterocycles. The third-order valence-electron chi connectivity index (χ3n) is 4.01. The zero-order valence-corrected chi connectivity index (χ0v) is 9.77. The van der Waals surface area contributed by atoms with E-state index in [-0.39, 0.29) is 0 Å². The van der Waals surface area contributed by atoms with E-state index in [4.69, 9.17) is 0 Å². The molecule has 0 saturated heterocycles. The minimum Gasteiger partial charge on any atom is -0.0807 e. The lowest BCUT2D eigenvalue weighted by molar-refractivity contribution is 0.338. The molecule has 0 N–H and O–H groups in total. The molecule has 0 aromatic rings. The predicted octanol–water partition coefficient (Wildman–Crippen LogP) is 4.48. The Balaban J connectivity index is 2.17. The van der Waals surface area contributed by atoms with Crippen LogP contribution in [0.1, 0.15) is 52.9 Å². The fraction of sp³-hybridized carbons (Fsp3) is 0.714. The van der Waals surface area contributed by atoms with E-state index >= 15 is 0 Å². The van der Waals surface area contributed by atoms with Crippen LogP contribution < -0.4 is 0 Å². The standard InChI is InChI=1S/C14H22/c1-10(2)13-8-7-12-6-4-5-11(3)14(12)9-13/h6,10,13H,4-5,7-9H2,1-3H3. The van der Waals surface area contributed by atoms with Crippen molar-refractivity contribution in [3.05, 3.63) is 22.8 Å². The van der Waals surface area contributed by atoms with Crippen molar-refractivity contribution in [3.8, 4) is 0 Å². The molecular formula is C14H22. The van der Waals surface area contributed by atoms with Crippen molar-refractivity contribution in [1.29, 1.82) is 0 Å². The second-order valence-electron chi connectivity index (χ2n) is 5.27. The van der Waals surface area contributed by atoms with E-state index in [9.17, 15) is 0 Å². The Morgan fingerprint density at radius 3 is 2.79 bits per heavy atom. The van der Waals surface area contributed by atoms with Crippen LogP contribution in [0.2, 0.25) is 0 Å². The van der Waals surface area contributed by atoms with E-state index in [1.165, 1.54) is 32.1 Å². The summed E-state index contributed by atoms with van der Waals surface area (Å²) in [6.07, 6.45) is 9.20. The van der Waals surface area contributed by atoms with Crippen molar-refractivity contribution in [1.82, 2.24) is 0 Å². The molecule has 2 aliphatic carbocycles. The summed E-state index contributed by atoms with van der Waals surface area (Å²) in [4.78, 5) is 0. The summed E-state index contributed by atoms with van der Waals surface area (Å²) >= 11 is 0. The van der Waals surface area contributed by atoms with E-state index in [1.54, 1.807) is 16.7 Å². The molecule has 2 aliphatic rings. The van der Waals surface area contributed by atoms with Crippen LogP contribution in [-0.4, -0.2) is 0 Å². The zero-order chi connectivity index (χ0) is 10.1. The van der Waals surface area contributed by atoms with Gasteiger partial charge in [0.25, 0.3) is 0 Å². The molecule has 0 aromatic heterocycles. The van der Waals surface area contributed by atoms with Crippen molar-refractivity contribution < 1.29 is 0 Å². The van der Waals surface area contributed by atoms with E-state index in [0.29, 0.717) is 0 Å². The van der Waals surface area contributed by atoms with Gasteiger partial charge in [0.15, 0.2) is 0 Å². The second-order valence-corrected chi connectivity index (χ2v) is 5.27. The van der Waals surface area contributed by atoms with Gasteiger partial charge >= 0.3 is 0 Å². The van der Waals surface area contributed by atoms with Crippen LogP contribution in [0.5, 0.6) is 0 Å². The topological polar surface area (TPSA) is 0 Å². The minimum absolute atomic E-state index is 0.860. The van der Waals surface area contributed by atoms with Gasteiger partial charge in [0.05, 0.1) is 0 Å². The van der Waals surface area contributed by atoms with Crippen LogP contribution in [0, 0.1) is 11.8 Å². The average molecular weight is 190 g/mol. The third-order valence-corrected chi connectivity index (χ3v) is 4.01. The van der Waals surface area contributed by atoms with E-state index in [2.05, 4.69) is 26.8 Å². The molecule has 0 amide bonds. The summed E-state index contributed by atoms with van der Waals surface area (Å²) < 4.78 is 0. The first-order valence-electron chi connectivity index (χ1n) is 6.06. The van der Waals surface area contributed by atoms with E-state index in [1.807, 2.05) is 0 Å². The molecule has 0 bridgehead atoms. The van der Waals surface area contributed by atoms with Crippen molar-refractivity contribution in [2.75, 3.05) is 0 Å². The summed E-state index contributed by atoms with van der Waals surface area (Å²) in [7, 11) is 0. The van der Waals surface area contributed by atoms with Crippen LogP contribution in [0.15, 0.2) is 22.8 Å². The molecular weight excluding hydrogens is 168 g/mol. The van der Waals surface area contributed by atoms with Gasteiger partial charge in [0.2, 0.25) is 0 Å². The van der Waals surface area contributed by atoms with Crippen molar-refractivity contribution >= 4 is 0 Å². The fourth-order valence-electron chi connectivity index (χ4n) is 2.84. The van der Waals surface area contributed by atoms with Crippen LogP contribution in [0.4, 0.5) is 0 Å². The summed E-state index contributed by atoms with van der Waals surface area (Å²) in [5, 5.41) is 0. The molecule has 0 nitrogen and oxygen atoms in total. The number of hydrogen-bond donors (Lipinski definition) is 0. The number of rotatable bonds is 1. The Labute approximate surface area is 88.1 Å². The Morgan fingerprint density at radius 2 is 2.07 bits per heavy atom. The molecule has 0 radical (unpaired) electrons. The Morgan fingerprint density at radius 1 is 1.29 bits per heavy atom. The van der Waals surface area contributed by atoms with Crippen molar-refractivity contribution in [2.24, 2.45) is 11.8 Å². The van der Waals surface area contributed by atoms with Crippen LogP contribution in [-0.2, 0) is 0 Å². The number of fused-ring (bicyclic) bond motifs is 1. The van der Waals surface area contributed by atoms with Gasteiger partial charge in [0.1, 0.15) is 0 Å². The van der Waals surface area contributed by atoms with Crippen LogP contribution in [0.25, 0.3) is 0 Å². The smallest absolute Gasteiger partial charge is 0.0246 e. The van der Waals surface area contributed by atoms with Gasteiger partial charge in [-0.1, -0.05) is 25.5 Å². The molecule has 1 atom stereocenters. The molecule has 1 unspecified atom stereocenters. The average Bonchev–Trinajstić information content (AvgIpc) is 2.18. The Kier molecular flexibility index (Phi) is 2.80. The van der Waals surface area contributed by atoms with Crippen LogP contribution in [0.3, 0.4) is 0 Å². The first-order valence-corrected chi connectivity index (χ1v) is 6.06. The van der Waals surface area contributed by atoms with Gasteiger partial charge in [-0.2, -0.15) is 0 Å². The van der Waals surface area contributed by atoms with Crippen LogP contribution >= 0.6 is 0 Å². The molecule has 78 valence electrons. The van der Waals surface area contributed by atoms with Gasteiger partial charge in [0, 0.05) is 0 Å². The lowest BCUT2D eigenvalue weighted by atomic mass is 9.73. The SMILES string of the molecule is CC1=C2CC(C(C)C)CCC2=CCC1.